The van der Waals surface area contributed by atoms with Crippen LogP contribution < -0.4 is 0 Å². The van der Waals surface area contributed by atoms with Crippen molar-refractivity contribution < 1.29 is 29.9 Å². The Balaban J connectivity index is 4.26. The second kappa shape index (κ2) is 7.10. The van der Waals surface area contributed by atoms with Crippen LogP contribution in [0.2, 0.25) is 0 Å². The molecule has 0 fully saturated rings. The van der Waals surface area contributed by atoms with Crippen molar-refractivity contribution in [2.75, 3.05) is 27.4 Å². The van der Waals surface area contributed by atoms with E-state index in [-0.39, 0.29) is 0 Å². The molecular formula is C8H18O6. The highest BCUT2D eigenvalue weighted by atomic mass is 16.5. The molecule has 4 atom stereocenters. The molecule has 0 saturated carbocycles. The number of methoxy groups -OCH3 is 2. The van der Waals surface area contributed by atoms with Gasteiger partial charge in [0.2, 0.25) is 0 Å². The zero-order valence-electron chi connectivity index (χ0n) is 8.33. The van der Waals surface area contributed by atoms with Gasteiger partial charge in [-0.3, -0.25) is 0 Å². The fourth-order valence-electron chi connectivity index (χ4n) is 1.08. The van der Waals surface area contributed by atoms with Gasteiger partial charge in [0.25, 0.3) is 0 Å². The van der Waals surface area contributed by atoms with E-state index in [1.54, 1.807) is 0 Å². The van der Waals surface area contributed by atoms with Gasteiger partial charge in [-0.2, -0.15) is 0 Å². The number of rotatable bonds is 7. The predicted molar refractivity (Wildman–Crippen MR) is 47.8 cm³/mol. The van der Waals surface area contributed by atoms with Gasteiger partial charge in [-0.25, -0.2) is 0 Å². The minimum Gasteiger partial charge on any atom is -0.394 e. The number of ether oxygens (including phenoxy) is 2. The zero-order chi connectivity index (χ0) is 11.1. The fraction of sp³-hybridized carbons (Fsp3) is 1.00. The summed E-state index contributed by atoms with van der Waals surface area (Å²) >= 11 is 0. The molecule has 4 N–H and O–H groups in total. The quantitative estimate of drug-likeness (QED) is 0.378. The van der Waals surface area contributed by atoms with Crippen LogP contribution in [0, 0.1) is 0 Å². The largest absolute Gasteiger partial charge is 0.394 e. The molecule has 86 valence electrons. The Morgan fingerprint density at radius 2 is 1.14 bits per heavy atom. The Morgan fingerprint density at radius 1 is 0.857 bits per heavy atom. The first-order valence-corrected chi connectivity index (χ1v) is 4.25. The standard InChI is InChI=1S/C8H18O6/c1-13-5(3-9)7(11)8(12)6(4-10)14-2/h5-12H,3-4H2,1-2H3/t5-,6-,7-,8+/m1/s1. The molecule has 0 radical (unpaired) electrons. The number of aliphatic hydroxyl groups is 4. The van der Waals surface area contributed by atoms with Crippen LogP contribution in [-0.4, -0.2) is 72.3 Å². The molecule has 0 amide bonds. The second-order valence-corrected chi connectivity index (χ2v) is 2.89. The molecule has 0 spiro atoms. The van der Waals surface area contributed by atoms with Crippen molar-refractivity contribution in [2.24, 2.45) is 0 Å². The van der Waals surface area contributed by atoms with Crippen molar-refractivity contribution in [2.45, 2.75) is 24.4 Å². The molecule has 0 aliphatic carbocycles. The third-order valence-corrected chi connectivity index (χ3v) is 2.08. The second-order valence-electron chi connectivity index (χ2n) is 2.89. The van der Waals surface area contributed by atoms with Gasteiger partial charge in [-0.05, 0) is 0 Å². The van der Waals surface area contributed by atoms with Crippen molar-refractivity contribution in [1.82, 2.24) is 0 Å². The Kier molecular flexibility index (Phi) is 6.98. The smallest absolute Gasteiger partial charge is 0.111 e. The van der Waals surface area contributed by atoms with Crippen molar-refractivity contribution in [3.63, 3.8) is 0 Å². The molecule has 0 bridgehead atoms. The fourth-order valence-corrected chi connectivity index (χ4v) is 1.08. The van der Waals surface area contributed by atoms with Gasteiger partial charge in [-0.15, -0.1) is 0 Å². The summed E-state index contributed by atoms with van der Waals surface area (Å²) in [4.78, 5) is 0. The predicted octanol–water partition coefficient (Wildman–Crippen LogP) is -2.28. The average Bonchev–Trinajstić information content (AvgIpc) is 2.21. The van der Waals surface area contributed by atoms with Gasteiger partial charge in [-0.1, -0.05) is 0 Å². The average molecular weight is 210 g/mol. The van der Waals surface area contributed by atoms with E-state index in [9.17, 15) is 10.2 Å². The van der Waals surface area contributed by atoms with Gasteiger partial charge in [0, 0.05) is 14.2 Å². The Labute approximate surface area is 82.7 Å². The topological polar surface area (TPSA) is 99.4 Å². The first kappa shape index (κ1) is 13.8. The van der Waals surface area contributed by atoms with E-state index in [4.69, 9.17) is 19.7 Å². The highest BCUT2D eigenvalue weighted by Crippen LogP contribution is 2.09. The Hall–Kier alpha value is -0.240. The molecule has 0 saturated heterocycles. The molecule has 6 nitrogen and oxygen atoms in total. The van der Waals surface area contributed by atoms with Crippen LogP contribution in [0.15, 0.2) is 0 Å². The summed E-state index contributed by atoms with van der Waals surface area (Å²) in [5, 5.41) is 36.5. The molecule has 0 aliphatic rings. The van der Waals surface area contributed by atoms with E-state index >= 15 is 0 Å². The summed E-state index contributed by atoms with van der Waals surface area (Å²) in [6.07, 6.45) is -4.40. The Bertz CT molecular complexity index is 118. The van der Waals surface area contributed by atoms with E-state index in [0.717, 1.165) is 0 Å². The molecular weight excluding hydrogens is 192 g/mol. The molecule has 14 heavy (non-hydrogen) atoms. The molecule has 6 heteroatoms. The van der Waals surface area contributed by atoms with E-state index in [0.29, 0.717) is 0 Å². The van der Waals surface area contributed by atoms with Gasteiger partial charge >= 0.3 is 0 Å². The molecule has 0 heterocycles. The monoisotopic (exact) mass is 210 g/mol. The summed E-state index contributed by atoms with van der Waals surface area (Å²) in [5.41, 5.74) is 0. The molecule has 0 aromatic carbocycles. The molecule has 0 aromatic rings. The van der Waals surface area contributed by atoms with Crippen molar-refractivity contribution >= 4 is 0 Å². The summed E-state index contributed by atoms with van der Waals surface area (Å²) in [5.74, 6) is 0. The van der Waals surface area contributed by atoms with E-state index in [1.165, 1.54) is 14.2 Å². The normalized spacial score (nSPS) is 20.1. The lowest BCUT2D eigenvalue weighted by molar-refractivity contribution is -0.140. The minimum atomic E-state index is -1.30. The minimum absolute atomic E-state index is 0.420. The van der Waals surface area contributed by atoms with E-state index < -0.39 is 37.6 Å². The highest BCUT2D eigenvalue weighted by Gasteiger charge is 2.31. The van der Waals surface area contributed by atoms with Crippen LogP contribution >= 0.6 is 0 Å². The maximum absolute atomic E-state index is 9.48. The van der Waals surface area contributed by atoms with Crippen LogP contribution in [0.1, 0.15) is 0 Å². The SMILES string of the molecule is CO[C@H](CO)[C@H](O)[C@H](O)[C@@H](CO)OC. The number of aliphatic hydroxyl groups excluding tert-OH is 4. The van der Waals surface area contributed by atoms with Crippen LogP contribution in [0.4, 0.5) is 0 Å². The zero-order valence-corrected chi connectivity index (χ0v) is 8.33. The highest BCUT2D eigenvalue weighted by molar-refractivity contribution is 4.81. The van der Waals surface area contributed by atoms with Crippen molar-refractivity contribution in [3.05, 3.63) is 0 Å². The van der Waals surface area contributed by atoms with Crippen LogP contribution in [0.25, 0.3) is 0 Å². The summed E-state index contributed by atoms with van der Waals surface area (Å²) in [7, 11) is 2.61. The molecule has 0 unspecified atom stereocenters. The van der Waals surface area contributed by atoms with Crippen LogP contribution in [0.5, 0.6) is 0 Å². The lowest BCUT2D eigenvalue weighted by Gasteiger charge is -2.28. The van der Waals surface area contributed by atoms with Crippen molar-refractivity contribution in [1.29, 1.82) is 0 Å². The molecule has 0 aliphatic heterocycles. The molecule has 0 rings (SSSR count). The number of hydrogen-bond donors (Lipinski definition) is 4. The van der Waals surface area contributed by atoms with E-state index in [1.807, 2.05) is 0 Å². The van der Waals surface area contributed by atoms with Crippen LogP contribution in [-0.2, 0) is 9.47 Å². The third kappa shape index (κ3) is 3.49. The first-order valence-electron chi connectivity index (χ1n) is 4.25. The third-order valence-electron chi connectivity index (χ3n) is 2.08. The molecule has 0 aromatic heterocycles. The summed E-state index contributed by atoms with van der Waals surface area (Å²) < 4.78 is 9.45. The van der Waals surface area contributed by atoms with Gasteiger partial charge in [0.1, 0.15) is 24.4 Å². The maximum Gasteiger partial charge on any atom is 0.111 e. The lowest BCUT2D eigenvalue weighted by Crippen LogP contribution is -2.48. The lowest BCUT2D eigenvalue weighted by atomic mass is 10.0. The summed E-state index contributed by atoms with van der Waals surface area (Å²) in [6.45, 7) is -0.840. The van der Waals surface area contributed by atoms with Crippen LogP contribution in [0.3, 0.4) is 0 Å². The Morgan fingerprint density at radius 3 is 1.29 bits per heavy atom. The van der Waals surface area contributed by atoms with Gasteiger partial charge < -0.3 is 29.9 Å². The number of hydrogen-bond acceptors (Lipinski definition) is 6. The first-order chi connectivity index (χ1) is 6.62. The van der Waals surface area contributed by atoms with E-state index in [2.05, 4.69) is 0 Å². The van der Waals surface area contributed by atoms with Crippen molar-refractivity contribution in [3.8, 4) is 0 Å². The van der Waals surface area contributed by atoms with Gasteiger partial charge in [0.05, 0.1) is 13.2 Å². The summed E-state index contributed by atoms with van der Waals surface area (Å²) in [6, 6.07) is 0. The van der Waals surface area contributed by atoms with Gasteiger partial charge in [0.15, 0.2) is 0 Å². The maximum atomic E-state index is 9.48.